The molecule has 1 aliphatic heterocycles. The molecule has 1 saturated carbocycles. The zero-order chi connectivity index (χ0) is 21.0. The first kappa shape index (κ1) is 21.6. The standard InChI is InChI=1S/C21H30N2O5S/c1-22(2)17-10-8-16(9-11-17)21(25)28-14-20(24)23(18-6-4-3-5-7-18)19-12-13-29(26,27)15-19/h8-11,18-19H,3-7,12-15H2,1-2H3/t19-/m1/s1. The van der Waals surface area contributed by atoms with E-state index in [1.165, 1.54) is 0 Å². The maximum atomic E-state index is 13.0. The molecule has 0 bridgehead atoms. The molecule has 1 heterocycles. The molecule has 0 unspecified atom stereocenters. The molecule has 29 heavy (non-hydrogen) atoms. The molecule has 0 radical (unpaired) electrons. The Morgan fingerprint density at radius 1 is 1.00 bits per heavy atom. The molecule has 1 aliphatic carbocycles. The van der Waals surface area contributed by atoms with E-state index in [0.717, 1.165) is 37.8 Å². The first-order valence-electron chi connectivity index (χ1n) is 10.2. The van der Waals surface area contributed by atoms with Crippen LogP contribution in [0.4, 0.5) is 5.69 Å². The summed E-state index contributed by atoms with van der Waals surface area (Å²) in [6, 6.07) is 6.70. The second-order valence-corrected chi connectivity index (χ2v) is 10.4. The highest BCUT2D eigenvalue weighted by Gasteiger charge is 2.38. The van der Waals surface area contributed by atoms with Gasteiger partial charge in [0.15, 0.2) is 16.4 Å². The number of carbonyl (C=O) groups excluding carboxylic acids is 2. The maximum absolute atomic E-state index is 13.0. The minimum absolute atomic E-state index is 0.00911. The molecule has 3 rings (SSSR count). The number of nitrogens with zero attached hydrogens (tertiary/aromatic N) is 2. The summed E-state index contributed by atoms with van der Waals surface area (Å²) in [6.45, 7) is -0.360. The highest BCUT2D eigenvalue weighted by molar-refractivity contribution is 7.91. The van der Waals surface area contributed by atoms with Crippen molar-refractivity contribution in [2.45, 2.75) is 50.6 Å². The van der Waals surface area contributed by atoms with Gasteiger partial charge >= 0.3 is 5.97 Å². The van der Waals surface area contributed by atoms with Gasteiger partial charge in [0.25, 0.3) is 5.91 Å². The van der Waals surface area contributed by atoms with Crippen LogP contribution in [0, 0.1) is 0 Å². The predicted molar refractivity (Wildman–Crippen MR) is 112 cm³/mol. The van der Waals surface area contributed by atoms with Crippen LogP contribution in [0.1, 0.15) is 48.9 Å². The summed E-state index contributed by atoms with van der Waals surface area (Å²) in [7, 11) is 0.720. The second-order valence-electron chi connectivity index (χ2n) is 8.17. The number of hydrogen-bond acceptors (Lipinski definition) is 6. The number of ether oxygens (including phenoxy) is 1. The lowest BCUT2D eigenvalue weighted by atomic mass is 9.93. The van der Waals surface area contributed by atoms with Crippen molar-refractivity contribution in [3.05, 3.63) is 29.8 Å². The summed E-state index contributed by atoms with van der Waals surface area (Å²) in [4.78, 5) is 29.0. The number of hydrogen-bond donors (Lipinski definition) is 0. The fraction of sp³-hybridized carbons (Fsp3) is 0.619. The van der Waals surface area contributed by atoms with Crippen LogP contribution in [0.3, 0.4) is 0 Å². The van der Waals surface area contributed by atoms with Crippen molar-refractivity contribution in [3.63, 3.8) is 0 Å². The van der Waals surface area contributed by atoms with Crippen LogP contribution in [0.25, 0.3) is 0 Å². The van der Waals surface area contributed by atoms with Gasteiger partial charge in [0, 0.05) is 31.9 Å². The molecule has 160 valence electrons. The van der Waals surface area contributed by atoms with Crippen LogP contribution in [0.2, 0.25) is 0 Å². The topological polar surface area (TPSA) is 84.0 Å². The Labute approximate surface area is 172 Å². The predicted octanol–water partition coefficient (Wildman–Crippen LogP) is 2.26. The fourth-order valence-electron chi connectivity index (χ4n) is 4.24. The Morgan fingerprint density at radius 3 is 2.21 bits per heavy atom. The summed E-state index contributed by atoms with van der Waals surface area (Å²) in [5.74, 6) is -0.718. The normalized spacial score (nSPS) is 21.5. The molecule has 2 fully saturated rings. The van der Waals surface area contributed by atoms with Crippen molar-refractivity contribution in [1.29, 1.82) is 0 Å². The Morgan fingerprint density at radius 2 is 1.66 bits per heavy atom. The number of rotatable bonds is 6. The van der Waals surface area contributed by atoms with E-state index >= 15 is 0 Å². The van der Waals surface area contributed by atoms with Gasteiger partial charge in [-0.25, -0.2) is 13.2 Å². The van der Waals surface area contributed by atoms with Gasteiger partial charge in [0.2, 0.25) is 0 Å². The molecular formula is C21H30N2O5S. The zero-order valence-corrected chi connectivity index (χ0v) is 18.0. The molecule has 0 N–H and O–H groups in total. The fourth-order valence-corrected chi connectivity index (χ4v) is 5.95. The summed E-state index contributed by atoms with van der Waals surface area (Å²) in [5, 5.41) is 0. The van der Waals surface area contributed by atoms with E-state index in [-0.39, 0.29) is 36.1 Å². The minimum Gasteiger partial charge on any atom is -0.452 e. The number of amides is 1. The Balaban J connectivity index is 1.65. The smallest absolute Gasteiger partial charge is 0.338 e. The Kier molecular flexibility index (Phi) is 6.82. The molecule has 1 saturated heterocycles. The molecule has 7 nitrogen and oxygen atoms in total. The van der Waals surface area contributed by atoms with Crippen LogP contribution in [0.15, 0.2) is 24.3 Å². The van der Waals surface area contributed by atoms with Gasteiger partial charge in [0.05, 0.1) is 17.1 Å². The second kappa shape index (κ2) is 9.15. The van der Waals surface area contributed by atoms with Crippen molar-refractivity contribution >= 4 is 27.4 Å². The molecule has 0 aromatic heterocycles. The molecule has 8 heteroatoms. The largest absolute Gasteiger partial charge is 0.452 e. The van der Waals surface area contributed by atoms with Crippen LogP contribution in [-0.2, 0) is 19.4 Å². The minimum atomic E-state index is -3.10. The Hall–Kier alpha value is -2.09. The zero-order valence-electron chi connectivity index (χ0n) is 17.2. The van der Waals surface area contributed by atoms with E-state index in [0.29, 0.717) is 12.0 Å². The van der Waals surface area contributed by atoms with Crippen molar-refractivity contribution in [1.82, 2.24) is 4.90 Å². The summed E-state index contributed by atoms with van der Waals surface area (Å²) < 4.78 is 29.2. The van der Waals surface area contributed by atoms with E-state index in [2.05, 4.69) is 0 Å². The van der Waals surface area contributed by atoms with Crippen molar-refractivity contribution in [2.75, 3.05) is 37.1 Å². The third kappa shape index (κ3) is 5.50. The van der Waals surface area contributed by atoms with Gasteiger partial charge in [0.1, 0.15) is 0 Å². The van der Waals surface area contributed by atoms with Gasteiger partial charge < -0.3 is 14.5 Å². The van der Waals surface area contributed by atoms with E-state index in [4.69, 9.17) is 4.74 Å². The molecule has 1 aromatic carbocycles. The summed E-state index contributed by atoms with van der Waals surface area (Å²) in [6.07, 6.45) is 5.42. The quantitative estimate of drug-likeness (QED) is 0.654. The van der Waals surface area contributed by atoms with Crippen LogP contribution in [0.5, 0.6) is 0 Å². The van der Waals surface area contributed by atoms with Crippen molar-refractivity contribution in [3.8, 4) is 0 Å². The van der Waals surface area contributed by atoms with Gasteiger partial charge in [-0.05, 0) is 43.5 Å². The molecule has 2 aliphatic rings. The SMILES string of the molecule is CN(C)c1ccc(C(=O)OCC(=O)N(C2CCCCC2)[C@@H]2CCS(=O)(=O)C2)cc1. The van der Waals surface area contributed by atoms with E-state index in [9.17, 15) is 18.0 Å². The molecule has 0 spiro atoms. The van der Waals surface area contributed by atoms with Gasteiger partial charge in [-0.15, -0.1) is 0 Å². The lowest BCUT2D eigenvalue weighted by molar-refractivity contribution is -0.140. The van der Waals surface area contributed by atoms with Crippen molar-refractivity contribution in [2.24, 2.45) is 0 Å². The van der Waals surface area contributed by atoms with E-state index in [1.54, 1.807) is 17.0 Å². The average Bonchev–Trinajstić information content (AvgIpc) is 3.06. The first-order chi connectivity index (χ1) is 13.8. The monoisotopic (exact) mass is 422 g/mol. The number of sulfone groups is 1. The van der Waals surface area contributed by atoms with Crippen LogP contribution < -0.4 is 4.90 Å². The number of esters is 1. The summed E-state index contributed by atoms with van der Waals surface area (Å²) >= 11 is 0. The highest BCUT2D eigenvalue weighted by Crippen LogP contribution is 2.28. The third-order valence-electron chi connectivity index (χ3n) is 5.80. The van der Waals surface area contributed by atoms with E-state index < -0.39 is 15.8 Å². The van der Waals surface area contributed by atoms with Crippen LogP contribution >= 0.6 is 0 Å². The van der Waals surface area contributed by atoms with Gasteiger partial charge in [-0.1, -0.05) is 19.3 Å². The summed E-state index contributed by atoms with van der Waals surface area (Å²) in [5.41, 5.74) is 1.35. The van der Waals surface area contributed by atoms with Crippen LogP contribution in [-0.4, -0.2) is 69.5 Å². The number of anilines is 1. The third-order valence-corrected chi connectivity index (χ3v) is 7.55. The average molecular weight is 423 g/mol. The molecular weight excluding hydrogens is 392 g/mol. The molecule has 1 atom stereocenters. The number of benzene rings is 1. The number of carbonyl (C=O) groups is 2. The van der Waals surface area contributed by atoms with Crippen molar-refractivity contribution < 1.29 is 22.7 Å². The molecule has 1 amide bonds. The lowest BCUT2D eigenvalue weighted by Crippen LogP contribution is -2.50. The maximum Gasteiger partial charge on any atom is 0.338 e. The Bertz CT molecular complexity index is 829. The van der Waals surface area contributed by atoms with Gasteiger partial charge in [-0.3, -0.25) is 4.79 Å². The lowest BCUT2D eigenvalue weighted by Gasteiger charge is -2.38. The van der Waals surface area contributed by atoms with Gasteiger partial charge in [-0.2, -0.15) is 0 Å². The van der Waals surface area contributed by atoms with E-state index in [1.807, 2.05) is 31.1 Å². The highest BCUT2D eigenvalue weighted by atomic mass is 32.2. The molecule has 1 aromatic rings. The first-order valence-corrected chi connectivity index (χ1v) is 12.0.